The number of aliphatic carboxylic acids is 1. The Morgan fingerprint density at radius 3 is 2.23 bits per heavy atom. The van der Waals surface area contributed by atoms with Crippen molar-refractivity contribution in [1.29, 1.82) is 0 Å². The van der Waals surface area contributed by atoms with Gasteiger partial charge in [0.1, 0.15) is 5.75 Å². The number of carboxylic acids is 1. The van der Waals surface area contributed by atoms with E-state index in [0.29, 0.717) is 63.9 Å². The van der Waals surface area contributed by atoms with Crippen LogP contribution >= 0.6 is 0 Å². The number of benzene rings is 2. The number of likely N-dealkylation sites (tertiary alicyclic amines) is 2. The molecule has 3 aliphatic heterocycles. The summed E-state index contributed by atoms with van der Waals surface area (Å²) in [6.45, 7) is 5.54. The van der Waals surface area contributed by atoms with Gasteiger partial charge >= 0.3 is 12.1 Å². The lowest BCUT2D eigenvalue weighted by atomic mass is 9.85. The van der Waals surface area contributed by atoms with Crippen LogP contribution in [0.15, 0.2) is 36.4 Å². The van der Waals surface area contributed by atoms with Gasteiger partial charge in [-0.1, -0.05) is 25.0 Å². The zero-order valence-electron chi connectivity index (χ0n) is 28.2. The largest absolute Gasteiger partial charge is 0.497 e. The summed E-state index contributed by atoms with van der Waals surface area (Å²) >= 11 is 0. The Bertz CT molecular complexity index is 1470. The molecule has 0 unspecified atom stereocenters. The molecular weight excluding hydrogens is 623 g/mol. The third kappa shape index (κ3) is 7.04. The van der Waals surface area contributed by atoms with Crippen molar-refractivity contribution < 1.29 is 37.3 Å². The number of anilines is 1. The Morgan fingerprint density at radius 2 is 1.60 bits per heavy atom. The third-order valence-corrected chi connectivity index (χ3v) is 11.5. The molecule has 4 atom stereocenters. The number of rotatable bonds is 9. The van der Waals surface area contributed by atoms with E-state index in [1.807, 2.05) is 21.9 Å². The summed E-state index contributed by atoms with van der Waals surface area (Å²) in [5, 5.41) is 9.52. The Morgan fingerprint density at radius 1 is 0.896 bits per heavy atom. The highest BCUT2D eigenvalue weighted by Gasteiger charge is 2.47. The highest BCUT2D eigenvalue weighted by molar-refractivity contribution is 5.81. The van der Waals surface area contributed by atoms with E-state index in [1.165, 1.54) is 18.9 Å². The van der Waals surface area contributed by atoms with E-state index in [0.717, 1.165) is 47.9 Å². The van der Waals surface area contributed by atoms with E-state index in [-0.39, 0.29) is 29.6 Å². The molecule has 4 aliphatic rings. The number of hydrogen-bond donors (Lipinski definition) is 1. The zero-order valence-corrected chi connectivity index (χ0v) is 28.2. The second kappa shape index (κ2) is 14.3. The Kier molecular flexibility index (Phi) is 10.3. The highest BCUT2D eigenvalue weighted by atomic mass is 19.4. The molecule has 11 heteroatoms. The van der Waals surface area contributed by atoms with Gasteiger partial charge in [0.25, 0.3) is 0 Å². The number of carbonyl (C=O) groups excluding carboxylic acids is 1. The Balaban J connectivity index is 1.30. The predicted molar refractivity (Wildman–Crippen MR) is 176 cm³/mol. The molecule has 0 aromatic heterocycles. The Hall–Kier alpha value is -3.31. The lowest BCUT2D eigenvalue weighted by Gasteiger charge is -2.35. The van der Waals surface area contributed by atoms with Crippen LogP contribution in [0.25, 0.3) is 0 Å². The van der Waals surface area contributed by atoms with Crippen molar-refractivity contribution in [3.63, 3.8) is 0 Å². The van der Waals surface area contributed by atoms with E-state index in [4.69, 9.17) is 9.47 Å². The number of methoxy groups -OCH3 is 2. The lowest BCUT2D eigenvalue weighted by Crippen LogP contribution is -2.39. The van der Waals surface area contributed by atoms with Crippen LogP contribution in [0.5, 0.6) is 5.75 Å². The van der Waals surface area contributed by atoms with Crippen molar-refractivity contribution >= 4 is 17.6 Å². The number of aryl methyl sites for hydroxylation is 1. The molecule has 3 saturated heterocycles. The molecule has 0 bridgehead atoms. The van der Waals surface area contributed by atoms with E-state index in [2.05, 4.69) is 17.9 Å². The minimum Gasteiger partial charge on any atom is -0.497 e. The zero-order chi connectivity index (χ0) is 34.2. The molecule has 1 saturated carbocycles. The molecule has 2 aromatic rings. The first-order valence-electron chi connectivity index (χ1n) is 17.3. The second-order valence-electron chi connectivity index (χ2n) is 14.3. The van der Waals surface area contributed by atoms with E-state index < -0.39 is 23.6 Å². The number of nitrogens with zero attached hydrogens (tertiary/aromatic N) is 3. The number of hydrogen-bond acceptors (Lipinski definition) is 6. The maximum absolute atomic E-state index is 14.6. The van der Waals surface area contributed by atoms with Gasteiger partial charge in [0.15, 0.2) is 0 Å². The molecule has 4 fully saturated rings. The van der Waals surface area contributed by atoms with Crippen LogP contribution in [0.3, 0.4) is 0 Å². The van der Waals surface area contributed by atoms with E-state index in [1.54, 1.807) is 20.3 Å². The lowest BCUT2D eigenvalue weighted by molar-refractivity contribution is -0.142. The van der Waals surface area contributed by atoms with Gasteiger partial charge in [-0.3, -0.25) is 14.5 Å². The number of piperidine rings is 1. The van der Waals surface area contributed by atoms with Gasteiger partial charge in [0.2, 0.25) is 5.91 Å². The average Bonchev–Trinajstić information content (AvgIpc) is 3.84. The molecule has 3 heterocycles. The predicted octanol–water partition coefficient (Wildman–Crippen LogP) is 6.17. The third-order valence-electron chi connectivity index (χ3n) is 11.5. The molecule has 0 radical (unpaired) electrons. The smallest absolute Gasteiger partial charge is 0.416 e. The van der Waals surface area contributed by atoms with Crippen molar-refractivity contribution in [3.05, 3.63) is 58.7 Å². The van der Waals surface area contributed by atoms with Crippen LogP contribution in [0, 0.1) is 24.7 Å². The summed E-state index contributed by atoms with van der Waals surface area (Å²) in [5.74, 6) is -1.03. The number of alkyl halides is 3. The van der Waals surface area contributed by atoms with Crippen LogP contribution in [-0.4, -0.2) is 92.9 Å². The van der Waals surface area contributed by atoms with Crippen molar-refractivity contribution in [1.82, 2.24) is 9.80 Å². The standard InChI is InChI=1S/C37H48F3N3O5/c1-23-16-28(48-3)9-11-29(23)32-20-42(27-6-4-5-7-27)21-33(32)35(44)43-18-25(22-47-2)31(19-43)30-10-8-26(37(38,39)40)17-34(30)41-14-12-24(13-15-41)36(45)46/h8-11,16-17,24-25,27,31-33H,4-7,12-15,18-22H2,1-3H3,(H,45,46)/t25-,31+,32+,33-/m1/s1. The number of carbonyl (C=O) groups is 2. The van der Waals surface area contributed by atoms with Gasteiger partial charge in [-0.25, -0.2) is 0 Å². The molecule has 0 spiro atoms. The first kappa shape index (κ1) is 34.5. The first-order chi connectivity index (χ1) is 23.0. The van der Waals surface area contributed by atoms with Crippen LogP contribution in [0.1, 0.15) is 72.6 Å². The molecule has 1 N–H and O–H groups in total. The van der Waals surface area contributed by atoms with Crippen molar-refractivity contribution in [2.45, 2.75) is 69.5 Å². The van der Waals surface area contributed by atoms with Gasteiger partial charge in [-0.2, -0.15) is 13.2 Å². The summed E-state index contributed by atoms with van der Waals surface area (Å²) in [5.41, 5.74) is 2.77. The molecular formula is C37H48F3N3O5. The fourth-order valence-electron chi connectivity index (χ4n) is 8.85. The summed E-state index contributed by atoms with van der Waals surface area (Å²) in [4.78, 5) is 32.6. The SMILES string of the molecule is COC[C@H]1CN(C(=O)[C@@H]2CN(C3CCCC3)C[C@H]2c2ccc(OC)cc2C)C[C@@H]1c1ccc(C(F)(F)F)cc1N1CCC(C(=O)O)CC1. The minimum absolute atomic E-state index is 0.0288. The van der Waals surface area contributed by atoms with Gasteiger partial charge in [0, 0.05) is 75.9 Å². The maximum atomic E-state index is 14.6. The minimum atomic E-state index is -4.52. The van der Waals surface area contributed by atoms with Crippen molar-refractivity contribution in [3.8, 4) is 5.75 Å². The molecule has 262 valence electrons. The summed E-state index contributed by atoms with van der Waals surface area (Å²) in [7, 11) is 3.27. The number of halogens is 3. The van der Waals surface area contributed by atoms with Gasteiger partial charge in [-0.15, -0.1) is 0 Å². The molecule has 48 heavy (non-hydrogen) atoms. The van der Waals surface area contributed by atoms with Gasteiger partial charge in [0.05, 0.1) is 31.1 Å². The summed E-state index contributed by atoms with van der Waals surface area (Å²) < 4.78 is 53.0. The number of ether oxygens (including phenoxy) is 2. The highest BCUT2D eigenvalue weighted by Crippen LogP contribution is 2.45. The van der Waals surface area contributed by atoms with E-state index >= 15 is 0 Å². The van der Waals surface area contributed by atoms with Crippen LogP contribution in [-0.2, 0) is 20.5 Å². The van der Waals surface area contributed by atoms with Crippen LogP contribution in [0.2, 0.25) is 0 Å². The molecule has 8 nitrogen and oxygen atoms in total. The fraction of sp³-hybridized carbons (Fsp3) is 0.622. The number of amides is 1. The quantitative estimate of drug-likeness (QED) is 0.342. The fourth-order valence-corrected chi connectivity index (χ4v) is 8.85. The normalized spacial score (nSPS) is 26.0. The average molecular weight is 672 g/mol. The van der Waals surface area contributed by atoms with Crippen molar-refractivity contribution in [2.24, 2.45) is 17.8 Å². The first-order valence-corrected chi connectivity index (χ1v) is 17.3. The maximum Gasteiger partial charge on any atom is 0.416 e. The topological polar surface area (TPSA) is 82.6 Å². The molecule has 2 aromatic carbocycles. The molecule has 6 rings (SSSR count). The molecule has 1 aliphatic carbocycles. The Labute approximate surface area is 281 Å². The van der Waals surface area contributed by atoms with Crippen LogP contribution in [0.4, 0.5) is 18.9 Å². The number of carboxylic acid groups (broad SMARTS) is 1. The van der Waals surface area contributed by atoms with Gasteiger partial charge in [-0.05, 0) is 73.6 Å². The second-order valence-corrected chi connectivity index (χ2v) is 14.3. The molecule has 1 amide bonds. The van der Waals surface area contributed by atoms with Crippen LogP contribution < -0.4 is 9.64 Å². The van der Waals surface area contributed by atoms with Crippen molar-refractivity contribution in [2.75, 3.05) is 65.0 Å². The monoisotopic (exact) mass is 671 g/mol. The van der Waals surface area contributed by atoms with E-state index in [9.17, 15) is 27.9 Å². The summed E-state index contributed by atoms with van der Waals surface area (Å²) in [6.07, 6.45) is 0.942. The van der Waals surface area contributed by atoms with Gasteiger partial charge < -0.3 is 24.4 Å². The summed E-state index contributed by atoms with van der Waals surface area (Å²) in [6, 6.07) is 10.5.